The Morgan fingerprint density at radius 2 is 1.96 bits per heavy atom. The lowest BCUT2D eigenvalue weighted by atomic mass is 10.0. The molecule has 3 heteroatoms. The molecule has 0 spiro atoms. The smallest absolute Gasteiger partial charge is 0.0529 e. The lowest BCUT2D eigenvalue weighted by Gasteiger charge is -2.23. The van der Waals surface area contributed by atoms with Crippen molar-refractivity contribution in [1.82, 2.24) is 9.47 Å². The van der Waals surface area contributed by atoms with Gasteiger partial charge in [0.25, 0.3) is 0 Å². The average Bonchev–Trinajstić information content (AvgIpc) is 3.22. The molecule has 1 aliphatic heterocycles. The van der Waals surface area contributed by atoms with Gasteiger partial charge in [-0.2, -0.15) is 0 Å². The molecule has 27 heavy (non-hydrogen) atoms. The molecule has 0 aliphatic carbocycles. The molecular weight excluding hydrogens is 348 g/mol. The Balaban J connectivity index is 1.69. The Kier molecular flexibility index (Phi) is 3.96. The van der Waals surface area contributed by atoms with E-state index >= 15 is 0 Å². The molecule has 0 bridgehead atoms. The van der Waals surface area contributed by atoms with Gasteiger partial charge in [-0.05, 0) is 61.7 Å². The molecule has 0 atom stereocenters. The second-order valence-corrected chi connectivity index (χ2v) is 8.85. The molecule has 3 heterocycles. The summed E-state index contributed by atoms with van der Waals surface area (Å²) >= 11 is 1.88. The fourth-order valence-electron chi connectivity index (χ4n) is 4.22. The minimum atomic E-state index is 1.04. The number of aryl methyl sites for hydroxylation is 1. The first-order chi connectivity index (χ1) is 13.1. The third kappa shape index (κ3) is 2.82. The Hall–Kier alpha value is -2.36. The van der Waals surface area contributed by atoms with Crippen LogP contribution in [0.25, 0.3) is 32.8 Å². The molecule has 2 nitrogen and oxygen atoms in total. The summed E-state index contributed by atoms with van der Waals surface area (Å²) in [5, 5.41) is 2.75. The van der Waals surface area contributed by atoms with Gasteiger partial charge in [0.15, 0.2) is 0 Å². The first kappa shape index (κ1) is 16.8. The van der Waals surface area contributed by atoms with Crippen LogP contribution >= 0.6 is 11.3 Å². The Morgan fingerprint density at radius 1 is 1.11 bits per heavy atom. The summed E-state index contributed by atoms with van der Waals surface area (Å²) in [5.41, 5.74) is 6.98. The summed E-state index contributed by atoms with van der Waals surface area (Å²) in [6.45, 7) is 6.59. The maximum atomic E-state index is 2.46. The zero-order valence-corrected chi connectivity index (χ0v) is 16.9. The summed E-state index contributed by atoms with van der Waals surface area (Å²) in [6.07, 6.45) is 3.46. The van der Waals surface area contributed by atoms with Gasteiger partial charge in [0, 0.05) is 46.4 Å². The topological polar surface area (TPSA) is 8.17 Å². The van der Waals surface area contributed by atoms with Crippen molar-refractivity contribution in [3.63, 3.8) is 0 Å². The minimum absolute atomic E-state index is 1.04. The maximum absolute atomic E-state index is 2.46. The van der Waals surface area contributed by atoms with Crippen molar-refractivity contribution >= 4 is 44.1 Å². The second-order valence-electron chi connectivity index (χ2n) is 7.76. The van der Waals surface area contributed by atoms with E-state index in [1.165, 1.54) is 48.3 Å². The molecule has 0 unspecified atom stereocenters. The van der Waals surface area contributed by atoms with Crippen LogP contribution in [0.2, 0.25) is 0 Å². The van der Waals surface area contributed by atoms with E-state index in [2.05, 4.69) is 85.1 Å². The normalized spacial score (nSPS) is 15.6. The van der Waals surface area contributed by atoms with Crippen LogP contribution in [0, 0.1) is 6.92 Å². The van der Waals surface area contributed by atoms with E-state index < -0.39 is 0 Å². The molecule has 136 valence electrons. The van der Waals surface area contributed by atoms with E-state index in [1.54, 1.807) is 0 Å². The van der Waals surface area contributed by atoms with Gasteiger partial charge in [0.2, 0.25) is 0 Å². The van der Waals surface area contributed by atoms with Gasteiger partial charge >= 0.3 is 0 Å². The van der Waals surface area contributed by atoms with Crippen LogP contribution in [0.4, 0.5) is 0 Å². The van der Waals surface area contributed by atoms with Gasteiger partial charge in [-0.3, -0.25) is 0 Å². The second kappa shape index (κ2) is 6.36. The molecule has 5 rings (SSSR count). The predicted molar refractivity (Wildman–Crippen MR) is 118 cm³/mol. The molecule has 1 aliphatic rings. The largest absolute Gasteiger partial charge is 0.320 e. The molecular formula is C24H24N2S. The summed E-state index contributed by atoms with van der Waals surface area (Å²) in [5.74, 6) is 0. The quantitative estimate of drug-likeness (QED) is 0.408. The van der Waals surface area contributed by atoms with Crippen molar-refractivity contribution in [2.24, 2.45) is 0 Å². The zero-order valence-electron chi connectivity index (χ0n) is 16.1. The highest BCUT2D eigenvalue weighted by Crippen LogP contribution is 2.35. The van der Waals surface area contributed by atoms with Crippen LogP contribution < -0.4 is 0 Å². The lowest BCUT2D eigenvalue weighted by molar-refractivity contribution is 0.312. The van der Waals surface area contributed by atoms with Gasteiger partial charge in [-0.1, -0.05) is 29.8 Å². The Morgan fingerprint density at radius 3 is 2.81 bits per heavy atom. The van der Waals surface area contributed by atoms with E-state index in [0.29, 0.717) is 0 Å². The third-order valence-corrected chi connectivity index (χ3v) is 6.92. The Labute approximate surface area is 164 Å². The first-order valence-corrected chi connectivity index (χ1v) is 10.4. The van der Waals surface area contributed by atoms with Crippen LogP contribution in [0.3, 0.4) is 0 Å². The molecule has 0 saturated heterocycles. The summed E-state index contributed by atoms with van der Waals surface area (Å²) < 4.78 is 3.81. The van der Waals surface area contributed by atoms with Crippen LogP contribution in [-0.2, 0) is 13.0 Å². The fourth-order valence-corrected chi connectivity index (χ4v) is 5.25. The van der Waals surface area contributed by atoms with Gasteiger partial charge in [0.1, 0.15) is 0 Å². The highest BCUT2D eigenvalue weighted by molar-refractivity contribution is 7.20. The number of fused-ring (bicyclic) bond motifs is 4. The maximum Gasteiger partial charge on any atom is 0.0529 e. The van der Waals surface area contributed by atoms with Gasteiger partial charge in [-0.15, -0.1) is 11.3 Å². The minimum Gasteiger partial charge on any atom is -0.320 e. The van der Waals surface area contributed by atoms with Crippen LogP contribution in [0.5, 0.6) is 0 Å². The predicted octanol–water partition coefficient (Wildman–Crippen LogP) is 6.17. The number of nitrogens with zero attached hydrogens (tertiary/aromatic N) is 2. The average molecular weight is 373 g/mol. The highest BCUT2D eigenvalue weighted by atomic mass is 32.1. The number of likely N-dealkylation sites (N-methyl/N-ethyl adjacent to an activating group) is 1. The van der Waals surface area contributed by atoms with Gasteiger partial charge in [-0.25, -0.2) is 0 Å². The van der Waals surface area contributed by atoms with E-state index in [-0.39, 0.29) is 0 Å². The standard InChI is InChI=1S/C24H24N2S/c1-16-8-9-21-19(12-16)20-15-25(3)11-10-22(20)26(21)14-17(2)24-13-18-6-4-5-7-23(18)27-24/h4-9,12-14H,10-11,15H2,1-3H3/b17-14-. The van der Waals surface area contributed by atoms with Crippen molar-refractivity contribution in [2.45, 2.75) is 26.8 Å². The molecule has 0 N–H and O–H groups in total. The summed E-state index contributed by atoms with van der Waals surface area (Å²) in [4.78, 5) is 3.78. The van der Waals surface area contributed by atoms with E-state index in [1.807, 2.05) is 11.3 Å². The molecule has 0 radical (unpaired) electrons. The first-order valence-electron chi connectivity index (χ1n) is 9.58. The number of thiophene rings is 1. The molecule has 2 aromatic heterocycles. The van der Waals surface area contributed by atoms with Crippen LogP contribution in [0.1, 0.15) is 28.6 Å². The van der Waals surface area contributed by atoms with Crippen molar-refractivity contribution in [1.29, 1.82) is 0 Å². The summed E-state index contributed by atoms with van der Waals surface area (Å²) in [7, 11) is 2.22. The van der Waals surface area contributed by atoms with Crippen molar-refractivity contribution in [2.75, 3.05) is 13.6 Å². The van der Waals surface area contributed by atoms with Crippen molar-refractivity contribution < 1.29 is 0 Å². The zero-order chi connectivity index (χ0) is 18.5. The number of rotatable bonds is 2. The van der Waals surface area contributed by atoms with E-state index in [9.17, 15) is 0 Å². The highest BCUT2D eigenvalue weighted by Gasteiger charge is 2.22. The van der Waals surface area contributed by atoms with Gasteiger partial charge < -0.3 is 9.47 Å². The van der Waals surface area contributed by atoms with Crippen molar-refractivity contribution in [3.05, 3.63) is 70.2 Å². The third-order valence-electron chi connectivity index (χ3n) is 5.67. The molecule has 2 aromatic carbocycles. The molecule has 0 fully saturated rings. The number of allylic oxidation sites excluding steroid dienone is 1. The van der Waals surface area contributed by atoms with Gasteiger partial charge in [0.05, 0.1) is 5.52 Å². The molecule has 0 saturated carbocycles. The Bertz CT molecular complexity index is 1160. The molecule has 4 aromatic rings. The summed E-state index contributed by atoms with van der Waals surface area (Å²) in [6, 6.07) is 17.8. The SMILES string of the molecule is C/C(=C/n1c2c(c3cc(C)ccc31)CN(C)CC2)c1cc2ccccc2s1. The lowest BCUT2D eigenvalue weighted by Crippen LogP contribution is -2.26. The molecule has 0 amide bonds. The monoisotopic (exact) mass is 372 g/mol. The number of aromatic nitrogens is 1. The fraction of sp³-hybridized carbons (Fsp3) is 0.250. The van der Waals surface area contributed by atoms with E-state index in [0.717, 1.165) is 19.5 Å². The van der Waals surface area contributed by atoms with Crippen LogP contribution in [0.15, 0.2) is 48.5 Å². The van der Waals surface area contributed by atoms with E-state index in [4.69, 9.17) is 0 Å². The van der Waals surface area contributed by atoms with Crippen molar-refractivity contribution in [3.8, 4) is 0 Å². The number of benzene rings is 2. The van der Waals surface area contributed by atoms with Crippen LogP contribution in [-0.4, -0.2) is 23.1 Å². The number of hydrogen-bond donors (Lipinski definition) is 0. The number of hydrogen-bond acceptors (Lipinski definition) is 2.